The third kappa shape index (κ3) is 10.8. The van der Waals surface area contributed by atoms with Gasteiger partial charge in [-0.1, -0.05) is 87.6 Å². The smallest absolute Gasteiger partial charge is 0.264 e. The lowest BCUT2D eigenvalue weighted by Crippen LogP contribution is -2.26. The van der Waals surface area contributed by atoms with E-state index in [1.807, 2.05) is 78.9 Å². The van der Waals surface area contributed by atoms with Crippen LogP contribution in [-0.2, 0) is 23.9 Å². The molecular formula is C39H42N4O6S. The Kier molecular flexibility index (Phi) is 14.3. The van der Waals surface area contributed by atoms with E-state index < -0.39 is 22.0 Å². The second-order valence-electron chi connectivity index (χ2n) is 11.0. The predicted octanol–water partition coefficient (Wildman–Crippen LogP) is 7.15. The lowest BCUT2D eigenvalue weighted by atomic mass is 9.99. The zero-order chi connectivity index (χ0) is 33.9. The van der Waals surface area contributed by atoms with Crippen LogP contribution in [0.5, 0.6) is 0 Å². The Morgan fingerprint density at radius 3 is 1.54 bits per heavy atom. The van der Waals surface area contributed by atoms with Crippen LogP contribution in [0.15, 0.2) is 134 Å². The number of pyridine rings is 2. The fraction of sp³-hybridized carbons (Fsp3) is 0.179. The first-order valence-electron chi connectivity index (χ1n) is 15.0. The summed E-state index contributed by atoms with van der Waals surface area (Å²) < 4.78 is 27.5. The fourth-order valence-corrected chi connectivity index (χ4v) is 5.39. The zero-order valence-corrected chi connectivity index (χ0v) is 26.9. The fourth-order valence-electron chi connectivity index (χ4n) is 5.01. The summed E-state index contributed by atoms with van der Waals surface area (Å²) in [5.74, 6) is -1.89. The average Bonchev–Trinajstić information content (AvgIpc) is 3.09. The minimum absolute atomic E-state index is 0. The molecule has 0 aliphatic rings. The van der Waals surface area contributed by atoms with Crippen molar-refractivity contribution in [3.8, 4) is 0 Å². The molecule has 0 saturated carbocycles. The lowest BCUT2D eigenvalue weighted by Gasteiger charge is -2.17. The number of anilines is 2. The van der Waals surface area contributed by atoms with Crippen molar-refractivity contribution in [1.29, 1.82) is 0 Å². The van der Waals surface area contributed by atoms with Crippen LogP contribution in [-0.4, -0.2) is 54.8 Å². The molecule has 2 amide bonds. The molecule has 0 radical (unpaired) electrons. The maximum absolute atomic E-state index is 12.8. The number of hydrogen-bond acceptors (Lipinski definition) is 8. The van der Waals surface area contributed by atoms with Gasteiger partial charge in [-0.2, -0.15) is 8.42 Å². The molecule has 11 heteroatoms. The maximum Gasteiger partial charge on any atom is 0.264 e. The van der Waals surface area contributed by atoms with E-state index in [2.05, 4.69) is 20.6 Å². The number of carbonyl (C=O) groups excluding carboxylic acids is 2. The Hall–Kier alpha value is -5.49. The number of nitrogens with zero attached hydrogens (tertiary/aromatic N) is 2. The molecule has 0 saturated heterocycles. The number of carbonyl (C=O) groups is 2. The van der Waals surface area contributed by atoms with Gasteiger partial charge in [0.2, 0.25) is 11.8 Å². The highest BCUT2D eigenvalue weighted by atomic mass is 32.2. The summed E-state index contributed by atoms with van der Waals surface area (Å²) in [4.78, 5) is 33.3. The Balaban J connectivity index is 0.000000263. The van der Waals surface area contributed by atoms with Gasteiger partial charge in [0.15, 0.2) is 0 Å². The van der Waals surface area contributed by atoms with Gasteiger partial charge in [-0.05, 0) is 58.3 Å². The van der Waals surface area contributed by atoms with Gasteiger partial charge >= 0.3 is 0 Å². The highest BCUT2D eigenvalue weighted by Gasteiger charge is 2.23. The van der Waals surface area contributed by atoms with Crippen LogP contribution >= 0.6 is 0 Å². The molecule has 0 spiro atoms. The molecular weight excluding hydrogens is 653 g/mol. The minimum Gasteiger partial charge on any atom is -0.395 e. The van der Waals surface area contributed by atoms with Gasteiger partial charge in [-0.3, -0.25) is 23.7 Å². The molecule has 2 atom stereocenters. The van der Waals surface area contributed by atoms with E-state index in [1.54, 1.807) is 55.1 Å². The van der Waals surface area contributed by atoms with Gasteiger partial charge < -0.3 is 15.7 Å². The number of aliphatic hydroxyl groups is 1. The predicted molar refractivity (Wildman–Crippen MR) is 200 cm³/mol. The van der Waals surface area contributed by atoms with E-state index in [0.717, 1.165) is 33.4 Å². The molecule has 2 unspecified atom stereocenters. The molecule has 0 aliphatic carbocycles. The average molecular weight is 695 g/mol. The number of rotatable bonds is 10. The molecule has 2 aromatic heterocycles. The summed E-state index contributed by atoms with van der Waals surface area (Å²) in [6.45, 7) is -0.487. The van der Waals surface area contributed by atoms with Gasteiger partial charge in [0.1, 0.15) is 0 Å². The third-order valence-corrected chi connectivity index (χ3v) is 8.05. The molecule has 10 nitrogen and oxygen atoms in total. The number of aromatic nitrogens is 2. The van der Waals surface area contributed by atoms with Crippen LogP contribution in [0.4, 0.5) is 11.4 Å². The highest BCUT2D eigenvalue weighted by Crippen LogP contribution is 2.23. The molecule has 2 heterocycles. The number of amides is 2. The van der Waals surface area contributed by atoms with E-state index >= 15 is 0 Å². The largest absolute Gasteiger partial charge is 0.395 e. The topological polar surface area (TPSA) is 148 Å². The van der Waals surface area contributed by atoms with Crippen LogP contribution in [0.1, 0.15) is 37.8 Å². The van der Waals surface area contributed by atoms with Gasteiger partial charge in [0.05, 0.1) is 31.3 Å². The maximum atomic E-state index is 12.8. The minimum atomic E-state index is -3.65. The summed E-state index contributed by atoms with van der Waals surface area (Å²) >= 11 is 0. The SMILES string of the molecule is C.C.CS(=O)(=O)OCC(C(=O)Nc1ccc2cnccc2c1)c1ccccc1.O=C(Nc1ccc2cnccc2c1)C(CO)c1ccccc1. The number of fused-ring (bicyclic) bond motifs is 2. The molecule has 4 aromatic carbocycles. The second kappa shape index (κ2) is 18.3. The molecule has 6 aromatic rings. The summed E-state index contributed by atoms with van der Waals surface area (Å²) in [6, 6.07) is 33.1. The Morgan fingerprint density at radius 2 is 1.10 bits per heavy atom. The van der Waals surface area contributed by atoms with Gasteiger partial charge in [-0.15, -0.1) is 0 Å². The first-order valence-corrected chi connectivity index (χ1v) is 16.9. The first-order chi connectivity index (χ1) is 23.2. The zero-order valence-electron chi connectivity index (χ0n) is 26.1. The van der Waals surface area contributed by atoms with Gasteiger partial charge in [0, 0.05) is 46.9 Å². The van der Waals surface area contributed by atoms with Gasteiger partial charge in [0.25, 0.3) is 10.1 Å². The normalized spacial score (nSPS) is 11.9. The van der Waals surface area contributed by atoms with Crippen LogP contribution in [0, 0.1) is 0 Å². The summed E-state index contributed by atoms with van der Waals surface area (Å²) in [6.07, 6.45) is 7.88. The summed E-state index contributed by atoms with van der Waals surface area (Å²) in [5, 5.41) is 19.2. The quantitative estimate of drug-likeness (QED) is 0.128. The molecule has 260 valence electrons. The first kappa shape index (κ1) is 39.0. The Morgan fingerprint density at radius 1 is 0.660 bits per heavy atom. The van der Waals surface area contributed by atoms with Crippen molar-refractivity contribution in [2.75, 3.05) is 30.1 Å². The van der Waals surface area contributed by atoms with Crippen LogP contribution in [0.3, 0.4) is 0 Å². The standard InChI is InChI=1S/C19H18N2O4S.C18H16N2O2.2CH4/c1-26(23,24)25-13-18(14-5-3-2-4-6-14)19(22)21-17-8-7-16-12-20-10-9-15(16)11-17;21-12-17(13-4-2-1-3-5-13)18(22)20-16-7-6-15-11-19-9-8-14(15)10-16;;/h2-12,18H,13H2,1H3,(H,21,22);1-11,17,21H,12H2,(H,20,22);2*1H4. The van der Waals surface area contributed by atoms with Crippen molar-refractivity contribution >= 4 is 54.9 Å². The molecule has 0 bridgehead atoms. The van der Waals surface area contributed by atoms with Crippen molar-refractivity contribution in [3.63, 3.8) is 0 Å². The van der Waals surface area contributed by atoms with Crippen LogP contribution in [0.25, 0.3) is 21.5 Å². The molecule has 3 N–H and O–H groups in total. The lowest BCUT2D eigenvalue weighted by molar-refractivity contribution is -0.119. The summed E-state index contributed by atoms with van der Waals surface area (Å²) in [7, 11) is -3.65. The molecule has 0 fully saturated rings. The van der Waals surface area contributed by atoms with E-state index in [0.29, 0.717) is 16.9 Å². The Bertz CT molecular complexity index is 2110. The van der Waals surface area contributed by atoms with Crippen LogP contribution < -0.4 is 10.6 Å². The van der Waals surface area contributed by atoms with E-state index in [9.17, 15) is 23.1 Å². The number of hydrogen-bond donors (Lipinski definition) is 3. The summed E-state index contributed by atoms with van der Waals surface area (Å²) in [5.41, 5.74) is 2.80. The van der Waals surface area contributed by atoms with Crippen molar-refractivity contribution in [2.45, 2.75) is 26.7 Å². The van der Waals surface area contributed by atoms with E-state index in [-0.39, 0.29) is 39.9 Å². The molecule has 50 heavy (non-hydrogen) atoms. The van der Waals surface area contributed by atoms with E-state index in [4.69, 9.17) is 4.18 Å². The van der Waals surface area contributed by atoms with Crippen molar-refractivity contribution < 1.29 is 27.3 Å². The molecule has 0 aliphatic heterocycles. The molecule has 6 rings (SSSR count). The Labute approximate surface area is 293 Å². The van der Waals surface area contributed by atoms with Crippen molar-refractivity contribution in [2.24, 2.45) is 0 Å². The van der Waals surface area contributed by atoms with Crippen molar-refractivity contribution in [1.82, 2.24) is 9.97 Å². The number of aliphatic hydroxyl groups excluding tert-OH is 1. The van der Waals surface area contributed by atoms with Crippen molar-refractivity contribution in [3.05, 3.63) is 145 Å². The van der Waals surface area contributed by atoms with Gasteiger partial charge in [-0.25, -0.2) is 0 Å². The third-order valence-electron chi connectivity index (χ3n) is 7.48. The monoisotopic (exact) mass is 694 g/mol. The number of nitrogens with one attached hydrogen (secondary N) is 2. The number of benzene rings is 4. The van der Waals surface area contributed by atoms with Crippen LogP contribution in [0.2, 0.25) is 0 Å². The second-order valence-corrected chi connectivity index (χ2v) is 12.6. The highest BCUT2D eigenvalue weighted by molar-refractivity contribution is 7.86. The van der Waals surface area contributed by atoms with E-state index in [1.165, 1.54) is 0 Å².